The lowest BCUT2D eigenvalue weighted by atomic mass is 9.78. The van der Waals surface area contributed by atoms with Crippen molar-refractivity contribution in [3.8, 4) is 23.7 Å². The molecule has 52 heavy (non-hydrogen) atoms. The standard InChI is InChI=1S/2C22H21FN2O/c2*1-25-20-8-3-2-7-18(20)21(22(25)26)19-12-11-16(14-24-19)10-9-15-5-4-6-17(23)13-15/h2*4-6,11-14,18,20-21H,2-3,7-8H2,1H3/t2*18-,20+,21-/m10/s1. The van der Waals surface area contributed by atoms with Gasteiger partial charge in [-0.3, -0.25) is 19.6 Å². The molecule has 0 spiro atoms. The number of likely N-dealkylation sites (N-methyl/N-ethyl adjacent to an activating group) is 2. The minimum atomic E-state index is -0.295. The largest absolute Gasteiger partial charge is 0.342 e. The molecule has 2 aliphatic carbocycles. The second kappa shape index (κ2) is 15.5. The minimum absolute atomic E-state index is 0.129. The van der Waals surface area contributed by atoms with Crippen molar-refractivity contribution in [1.82, 2.24) is 19.8 Å². The van der Waals surface area contributed by atoms with Gasteiger partial charge in [-0.1, -0.05) is 61.5 Å². The highest BCUT2D eigenvalue weighted by Crippen LogP contribution is 2.45. The third kappa shape index (κ3) is 7.48. The number of carbonyl (C=O) groups excluding carboxylic acids is 2. The number of aromatic nitrogens is 2. The number of likely N-dealkylation sites (tertiary alicyclic amines) is 2. The van der Waals surface area contributed by atoms with Crippen LogP contribution in [0.3, 0.4) is 0 Å². The normalized spacial score (nSPS) is 24.8. The fraction of sp³-hybridized carbons (Fsp3) is 0.364. The fourth-order valence-corrected chi connectivity index (χ4v) is 8.59. The molecule has 0 N–H and O–H groups in total. The Bertz CT molecular complexity index is 1910. The van der Waals surface area contributed by atoms with Crippen molar-refractivity contribution in [2.24, 2.45) is 11.8 Å². The molecule has 2 aliphatic heterocycles. The second-order valence-corrected chi connectivity index (χ2v) is 14.3. The van der Waals surface area contributed by atoms with Crippen LogP contribution >= 0.6 is 0 Å². The molecule has 0 radical (unpaired) electrons. The SMILES string of the molecule is CN1C(=O)[C@@H](c2ccc(C#Cc3cccc(F)c3)cn2)[C@@H]2CCCC[C@@H]21.CN1C(=O)[C@H](c2ccc(C#Cc3cccc(F)c3)cn2)[C@H]2CCCC[C@H]21. The lowest BCUT2D eigenvalue weighted by molar-refractivity contribution is -0.129. The molecule has 2 amide bonds. The Morgan fingerprint density at radius 1 is 0.558 bits per heavy atom. The third-order valence-electron chi connectivity index (χ3n) is 11.2. The van der Waals surface area contributed by atoms with Crippen LogP contribution in [0.25, 0.3) is 0 Å². The van der Waals surface area contributed by atoms with Gasteiger partial charge in [-0.2, -0.15) is 0 Å². The van der Waals surface area contributed by atoms with Crippen molar-refractivity contribution in [3.05, 3.63) is 130 Å². The summed E-state index contributed by atoms with van der Waals surface area (Å²) in [5.74, 6) is 12.2. The van der Waals surface area contributed by atoms with Gasteiger partial charge in [0, 0.05) is 60.8 Å². The van der Waals surface area contributed by atoms with Crippen LogP contribution in [0.1, 0.15) is 96.8 Å². The predicted octanol–water partition coefficient (Wildman–Crippen LogP) is 7.47. The maximum absolute atomic E-state index is 13.2. The van der Waals surface area contributed by atoms with Crippen LogP contribution < -0.4 is 0 Å². The van der Waals surface area contributed by atoms with E-state index < -0.39 is 0 Å². The van der Waals surface area contributed by atoms with Gasteiger partial charge in [-0.15, -0.1) is 0 Å². The van der Waals surface area contributed by atoms with Gasteiger partial charge in [-0.25, -0.2) is 8.78 Å². The summed E-state index contributed by atoms with van der Waals surface area (Å²) in [6.45, 7) is 0. The van der Waals surface area contributed by atoms with E-state index in [2.05, 4.69) is 33.6 Å². The summed E-state index contributed by atoms with van der Waals surface area (Å²) in [6.07, 6.45) is 12.6. The molecule has 2 aromatic carbocycles. The Labute approximate surface area is 304 Å². The molecule has 8 heteroatoms. The first-order chi connectivity index (χ1) is 25.3. The first kappa shape index (κ1) is 35.1. The second-order valence-electron chi connectivity index (χ2n) is 14.3. The molecule has 2 saturated carbocycles. The summed E-state index contributed by atoms with van der Waals surface area (Å²) >= 11 is 0. The van der Waals surface area contributed by atoms with E-state index in [1.807, 2.05) is 48.2 Å². The van der Waals surface area contributed by atoms with Crippen molar-refractivity contribution < 1.29 is 18.4 Å². The summed E-state index contributed by atoms with van der Waals surface area (Å²) in [5, 5.41) is 0. The fourth-order valence-electron chi connectivity index (χ4n) is 8.59. The summed E-state index contributed by atoms with van der Waals surface area (Å²) in [4.78, 5) is 38.4. The summed E-state index contributed by atoms with van der Waals surface area (Å²) in [7, 11) is 3.84. The number of amides is 2. The Morgan fingerprint density at radius 2 is 0.962 bits per heavy atom. The Kier molecular flexibility index (Phi) is 10.5. The number of rotatable bonds is 2. The number of halogens is 2. The van der Waals surface area contributed by atoms with Crippen molar-refractivity contribution in [3.63, 3.8) is 0 Å². The summed E-state index contributed by atoms with van der Waals surface area (Å²) in [5.41, 5.74) is 4.47. The molecule has 4 aromatic rings. The van der Waals surface area contributed by atoms with Crippen LogP contribution in [-0.4, -0.2) is 57.8 Å². The Morgan fingerprint density at radius 3 is 1.35 bits per heavy atom. The highest BCUT2D eigenvalue weighted by atomic mass is 19.1. The minimum Gasteiger partial charge on any atom is -0.342 e. The molecule has 4 heterocycles. The third-order valence-corrected chi connectivity index (χ3v) is 11.2. The number of hydrogen-bond donors (Lipinski definition) is 0. The molecular formula is C44H42F2N4O2. The smallest absolute Gasteiger partial charge is 0.232 e. The lowest BCUT2D eigenvalue weighted by Crippen LogP contribution is -2.33. The van der Waals surface area contributed by atoms with E-state index in [0.29, 0.717) is 35.0 Å². The van der Waals surface area contributed by atoms with Gasteiger partial charge in [0.15, 0.2) is 0 Å². The first-order valence-electron chi connectivity index (χ1n) is 18.3. The predicted molar refractivity (Wildman–Crippen MR) is 196 cm³/mol. The average molecular weight is 697 g/mol. The maximum Gasteiger partial charge on any atom is 0.232 e. The topological polar surface area (TPSA) is 66.4 Å². The number of fused-ring (bicyclic) bond motifs is 2. The van der Waals surface area contributed by atoms with E-state index in [1.54, 1.807) is 36.7 Å². The molecule has 264 valence electrons. The quantitative estimate of drug-likeness (QED) is 0.204. The van der Waals surface area contributed by atoms with Crippen LogP contribution in [0.2, 0.25) is 0 Å². The molecule has 0 bridgehead atoms. The van der Waals surface area contributed by atoms with E-state index in [9.17, 15) is 18.4 Å². The zero-order valence-electron chi connectivity index (χ0n) is 29.6. The summed E-state index contributed by atoms with van der Waals surface area (Å²) in [6, 6.07) is 20.8. The zero-order valence-corrected chi connectivity index (χ0v) is 29.6. The molecule has 4 aliphatic rings. The van der Waals surface area contributed by atoms with Crippen LogP contribution in [-0.2, 0) is 9.59 Å². The van der Waals surface area contributed by atoms with Crippen LogP contribution in [0.5, 0.6) is 0 Å². The summed E-state index contributed by atoms with van der Waals surface area (Å²) < 4.78 is 26.4. The lowest BCUT2D eigenvalue weighted by Gasteiger charge is -2.29. The molecular weight excluding hydrogens is 655 g/mol. The van der Waals surface area contributed by atoms with Gasteiger partial charge in [0.1, 0.15) is 11.6 Å². The van der Waals surface area contributed by atoms with E-state index >= 15 is 0 Å². The average Bonchev–Trinajstić information content (AvgIpc) is 3.58. The van der Waals surface area contributed by atoms with Gasteiger partial charge in [0.25, 0.3) is 0 Å². The molecule has 2 aromatic heterocycles. The van der Waals surface area contributed by atoms with Crippen LogP contribution in [0, 0.1) is 47.2 Å². The van der Waals surface area contributed by atoms with Gasteiger partial charge in [0.05, 0.1) is 23.2 Å². The molecule has 2 saturated heterocycles. The van der Waals surface area contributed by atoms with Crippen LogP contribution in [0.4, 0.5) is 8.78 Å². The van der Waals surface area contributed by atoms with Crippen molar-refractivity contribution in [2.75, 3.05) is 14.1 Å². The highest BCUT2D eigenvalue weighted by molar-refractivity contribution is 5.87. The molecule has 4 fully saturated rings. The maximum atomic E-state index is 13.2. The van der Waals surface area contributed by atoms with Gasteiger partial charge in [-0.05, 0) is 98.2 Å². The Balaban J connectivity index is 0.000000162. The van der Waals surface area contributed by atoms with Crippen LogP contribution in [0.15, 0.2) is 85.2 Å². The molecule has 6 atom stereocenters. The number of carbonyl (C=O) groups is 2. The van der Waals surface area contributed by atoms with E-state index in [-0.39, 0.29) is 35.3 Å². The Hall–Kier alpha value is -5.34. The monoisotopic (exact) mass is 696 g/mol. The highest BCUT2D eigenvalue weighted by Gasteiger charge is 2.49. The van der Waals surface area contributed by atoms with E-state index in [1.165, 1.54) is 49.9 Å². The van der Waals surface area contributed by atoms with Gasteiger partial charge >= 0.3 is 0 Å². The van der Waals surface area contributed by atoms with Crippen molar-refractivity contribution in [2.45, 2.75) is 75.3 Å². The molecule has 6 nitrogen and oxygen atoms in total. The molecule has 0 unspecified atom stereocenters. The number of pyridine rings is 2. The number of benzene rings is 2. The zero-order chi connectivity index (χ0) is 36.2. The van der Waals surface area contributed by atoms with Gasteiger partial charge in [0.2, 0.25) is 11.8 Å². The number of hydrogen-bond acceptors (Lipinski definition) is 4. The van der Waals surface area contributed by atoms with Crippen molar-refractivity contribution >= 4 is 11.8 Å². The first-order valence-corrected chi connectivity index (χ1v) is 18.3. The number of nitrogens with zero attached hydrogens (tertiary/aromatic N) is 4. The van der Waals surface area contributed by atoms with E-state index in [0.717, 1.165) is 48.2 Å². The van der Waals surface area contributed by atoms with Gasteiger partial charge < -0.3 is 9.80 Å². The van der Waals surface area contributed by atoms with E-state index in [4.69, 9.17) is 0 Å². The molecule has 8 rings (SSSR count). The van der Waals surface area contributed by atoms with Crippen molar-refractivity contribution in [1.29, 1.82) is 0 Å².